The number of benzene rings is 6. The Hall–Kier alpha value is -4.63. The summed E-state index contributed by atoms with van der Waals surface area (Å²) in [5, 5.41) is 7.44. The molecule has 158 valence electrons. The van der Waals surface area contributed by atoms with Crippen molar-refractivity contribution in [3.05, 3.63) is 115 Å². The average Bonchev–Trinajstić information content (AvgIpc) is 3.43. The molecule has 0 bridgehead atoms. The van der Waals surface area contributed by atoms with E-state index in [0.717, 1.165) is 22.5 Å². The highest BCUT2D eigenvalue weighted by Gasteiger charge is 2.22. The first kappa shape index (κ1) is 17.9. The van der Waals surface area contributed by atoms with Crippen LogP contribution < -0.4 is 0 Å². The Bertz CT molecular complexity index is 2070. The standard InChI is InChI=1S/C31H19N3/c1-2-12-21-20(10-1)11-9-19-27(21)33-29-24-15-5-3-13-22(24)23-14-4-6-16-25(23)30(29)34-28-18-8-7-17-26(28)32-31(33)34/h1-19H. The maximum absolute atomic E-state index is 5.18. The van der Waals surface area contributed by atoms with Gasteiger partial charge in [-0.2, -0.15) is 0 Å². The van der Waals surface area contributed by atoms with Gasteiger partial charge in [-0.15, -0.1) is 0 Å². The molecule has 3 heteroatoms. The zero-order chi connectivity index (χ0) is 22.2. The number of nitrogens with zero attached hydrogens (tertiary/aromatic N) is 3. The molecule has 2 aromatic heterocycles. The van der Waals surface area contributed by atoms with E-state index in [9.17, 15) is 0 Å². The van der Waals surface area contributed by atoms with Gasteiger partial charge in [-0.05, 0) is 34.4 Å². The topological polar surface area (TPSA) is 22.2 Å². The molecule has 0 unspecified atom stereocenters. The maximum Gasteiger partial charge on any atom is 0.220 e. The molecule has 0 saturated carbocycles. The zero-order valence-electron chi connectivity index (χ0n) is 18.3. The molecule has 0 aliphatic carbocycles. The monoisotopic (exact) mass is 433 g/mol. The summed E-state index contributed by atoms with van der Waals surface area (Å²) in [7, 11) is 0. The van der Waals surface area contributed by atoms with Crippen LogP contribution in [0.4, 0.5) is 0 Å². The summed E-state index contributed by atoms with van der Waals surface area (Å²) in [5.74, 6) is 0.939. The van der Waals surface area contributed by atoms with Gasteiger partial charge in [-0.3, -0.25) is 8.97 Å². The van der Waals surface area contributed by atoms with Crippen LogP contribution in [0.3, 0.4) is 0 Å². The number of para-hydroxylation sites is 2. The second-order valence-corrected chi connectivity index (χ2v) is 8.86. The van der Waals surface area contributed by atoms with Gasteiger partial charge in [-0.1, -0.05) is 97.1 Å². The van der Waals surface area contributed by atoms with Crippen molar-refractivity contribution in [3.8, 4) is 5.69 Å². The van der Waals surface area contributed by atoms with Crippen molar-refractivity contribution in [1.82, 2.24) is 14.0 Å². The highest BCUT2D eigenvalue weighted by atomic mass is 15.2. The van der Waals surface area contributed by atoms with Gasteiger partial charge in [0, 0.05) is 16.2 Å². The van der Waals surface area contributed by atoms with Crippen LogP contribution in [-0.2, 0) is 0 Å². The minimum absolute atomic E-state index is 0.939. The first-order chi connectivity index (χ1) is 16.9. The Morgan fingerprint density at radius 1 is 0.471 bits per heavy atom. The Labute approximate surface area is 195 Å². The Kier molecular flexibility index (Phi) is 3.39. The first-order valence-corrected chi connectivity index (χ1v) is 11.6. The number of rotatable bonds is 1. The minimum atomic E-state index is 0.939. The van der Waals surface area contributed by atoms with Gasteiger partial charge < -0.3 is 0 Å². The van der Waals surface area contributed by atoms with Gasteiger partial charge in [0.2, 0.25) is 5.78 Å². The molecular formula is C31H19N3. The van der Waals surface area contributed by atoms with E-state index in [2.05, 4.69) is 124 Å². The van der Waals surface area contributed by atoms with Crippen LogP contribution in [0.15, 0.2) is 115 Å². The summed E-state index contributed by atoms with van der Waals surface area (Å²) in [6, 6.07) is 41.1. The van der Waals surface area contributed by atoms with E-state index in [1.165, 1.54) is 43.4 Å². The van der Waals surface area contributed by atoms with Crippen molar-refractivity contribution in [1.29, 1.82) is 0 Å². The van der Waals surface area contributed by atoms with Crippen LogP contribution in [-0.4, -0.2) is 14.0 Å². The number of hydrogen-bond donors (Lipinski definition) is 0. The maximum atomic E-state index is 5.18. The number of imidazole rings is 2. The molecule has 0 atom stereocenters. The summed E-state index contributed by atoms with van der Waals surface area (Å²) in [5.41, 5.74) is 5.67. The molecule has 3 nitrogen and oxygen atoms in total. The van der Waals surface area contributed by atoms with E-state index in [0.29, 0.717) is 0 Å². The molecule has 8 rings (SSSR count). The summed E-state index contributed by atoms with van der Waals surface area (Å²) in [6.07, 6.45) is 0. The van der Waals surface area contributed by atoms with E-state index >= 15 is 0 Å². The van der Waals surface area contributed by atoms with E-state index in [1.54, 1.807) is 0 Å². The molecule has 0 radical (unpaired) electrons. The molecular weight excluding hydrogens is 414 g/mol. The third-order valence-corrected chi connectivity index (χ3v) is 7.08. The van der Waals surface area contributed by atoms with E-state index in [4.69, 9.17) is 4.98 Å². The van der Waals surface area contributed by atoms with E-state index in [-0.39, 0.29) is 0 Å². The van der Waals surface area contributed by atoms with Crippen molar-refractivity contribution in [3.63, 3.8) is 0 Å². The Balaban J connectivity index is 1.76. The lowest BCUT2D eigenvalue weighted by Gasteiger charge is -2.12. The molecule has 0 spiro atoms. The summed E-state index contributed by atoms with van der Waals surface area (Å²) < 4.78 is 4.72. The summed E-state index contributed by atoms with van der Waals surface area (Å²) in [4.78, 5) is 5.18. The molecule has 0 amide bonds. The fourth-order valence-corrected chi connectivity index (χ4v) is 5.67. The van der Waals surface area contributed by atoms with Gasteiger partial charge >= 0.3 is 0 Å². The predicted octanol–water partition coefficient (Wildman–Crippen LogP) is 7.89. The van der Waals surface area contributed by atoms with Crippen molar-refractivity contribution in [2.24, 2.45) is 0 Å². The molecule has 0 fully saturated rings. The molecule has 0 N–H and O–H groups in total. The quantitative estimate of drug-likeness (QED) is 0.241. The molecule has 34 heavy (non-hydrogen) atoms. The lowest BCUT2D eigenvalue weighted by Crippen LogP contribution is -1.97. The minimum Gasteiger partial charge on any atom is -0.277 e. The fraction of sp³-hybridized carbons (Fsp3) is 0. The first-order valence-electron chi connectivity index (χ1n) is 11.6. The second-order valence-electron chi connectivity index (χ2n) is 8.86. The van der Waals surface area contributed by atoms with Crippen LogP contribution in [0.5, 0.6) is 0 Å². The molecule has 6 aromatic carbocycles. The van der Waals surface area contributed by atoms with Crippen molar-refractivity contribution < 1.29 is 0 Å². The van der Waals surface area contributed by atoms with E-state index in [1.807, 2.05) is 0 Å². The molecule has 2 heterocycles. The molecule has 0 saturated heterocycles. The molecule has 0 aliphatic heterocycles. The number of fused-ring (bicyclic) bond motifs is 11. The lowest BCUT2D eigenvalue weighted by molar-refractivity contribution is 1.12. The normalized spacial score (nSPS) is 12.1. The third-order valence-electron chi connectivity index (χ3n) is 7.08. The Morgan fingerprint density at radius 3 is 1.85 bits per heavy atom. The van der Waals surface area contributed by atoms with Gasteiger partial charge in [0.1, 0.15) is 0 Å². The number of hydrogen-bond acceptors (Lipinski definition) is 1. The highest BCUT2D eigenvalue weighted by Crippen LogP contribution is 2.40. The van der Waals surface area contributed by atoms with Crippen molar-refractivity contribution in [2.45, 2.75) is 0 Å². The molecule has 8 aromatic rings. The predicted molar refractivity (Wildman–Crippen MR) is 142 cm³/mol. The van der Waals surface area contributed by atoms with Gasteiger partial charge in [0.05, 0.1) is 27.8 Å². The van der Waals surface area contributed by atoms with Crippen LogP contribution in [0.2, 0.25) is 0 Å². The third kappa shape index (κ3) is 2.18. The SMILES string of the molecule is c1ccc2c(-n3c4c5ccccc5c5ccccc5c4n4c5ccccc5nc34)cccc2c1. The summed E-state index contributed by atoms with van der Waals surface area (Å²) in [6.45, 7) is 0. The lowest BCUT2D eigenvalue weighted by atomic mass is 9.99. The highest BCUT2D eigenvalue weighted by molar-refractivity contribution is 6.25. The molecule has 0 aliphatic rings. The van der Waals surface area contributed by atoms with Crippen molar-refractivity contribution in [2.75, 3.05) is 0 Å². The second kappa shape index (κ2) is 6.46. The van der Waals surface area contributed by atoms with E-state index < -0.39 is 0 Å². The number of aromatic nitrogens is 3. The summed E-state index contributed by atoms with van der Waals surface area (Å²) >= 11 is 0. The smallest absolute Gasteiger partial charge is 0.220 e. The largest absolute Gasteiger partial charge is 0.277 e. The fourth-order valence-electron chi connectivity index (χ4n) is 5.67. The van der Waals surface area contributed by atoms with Gasteiger partial charge in [0.15, 0.2) is 0 Å². The van der Waals surface area contributed by atoms with Gasteiger partial charge in [0.25, 0.3) is 0 Å². The van der Waals surface area contributed by atoms with Crippen molar-refractivity contribution >= 4 is 60.2 Å². The van der Waals surface area contributed by atoms with Crippen LogP contribution >= 0.6 is 0 Å². The van der Waals surface area contributed by atoms with Crippen LogP contribution in [0.1, 0.15) is 0 Å². The van der Waals surface area contributed by atoms with Crippen LogP contribution in [0, 0.1) is 0 Å². The average molecular weight is 434 g/mol. The van der Waals surface area contributed by atoms with Gasteiger partial charge in [-0.25, -0.2) is 4.98 Å². The Morgan fingerprint density at radius 2 is 1.06 bits per heavy atom. The van der Waals surface area contributed by atoms with Crippen LogP contribution in [0.25, 0.3) is 65.8 Å². The zero-order valence-corrected chi connectivity index (χ0v) is 18.3.